The Kier molecular flexibility index (Phi) is 7.79. The molecule has 0 radical (unpaired) electrons. The molecule has 3 aliphatic rings. The monoisotopic (exact) mass is 417 g/mol. The highest BCUT2D eigenvalue weighted by atomic mass is 16.4. The van der Waals surface area contributed by atoms with Crippen LogP contribution in [0.1, 0.15) is 73.9 Å². The predicted octanol–water partition coefficient (Wildman–Crippen LogP) is 2.47. The number of amides is 1. The van der Waals surface area contributed by atoms with Crippen LogP contribution in [0.5, 0.6) is 0 Å². The van der Waals surface area contributed by atoms with E-state index in [1.54, 1.807) is 0 Å². The fourth-order valence-corrected chi connectivity index (χ4v) is 4.63. The van der Waals surface area contributed by atoms with E-state index in [0.717, 1.165) is 31.4 Å². The lowest BCUT2D eigenvalue weighted by atomic mass is 9.92. The second-order valence-electron chi connectivity index (χ2n) is 8.27. The minimum atomic E-state index is -1.82. The van der Waals surface area contributed by atoms with E-state index in [1.165, 1.54) is 73.9 Å². The lowest BCUT2D eigenvalue weighted by Gasteiger charge is -2.24. The molecule has 0 bridgehead atoms. The number of carboxylic acid groups (broad SMARTS) is 2. The Morgan fingerprint density at radius 2 is 1.37 bits per heavy atom. The molecule has 0 saturated heterocycles. The molecule has 164 valence electrons. The number of hydrogen-bond donors (Lipinski definition) is 4. The molecule has 0 aliphatic heterocycles. The maximum absolute atomic E-state index is 12.5. The normalized spacial score (nSPS) is 17.9. The van der Waals surface area contributed by atoms with Crippen molar-refractivity contribution in [2.24, 2.45) is 0 Å². The zero-order chi connectivity index (χ0) is 21.5. The molecular formula is C22H31N3O5. The van der Waals surface area contributed by atoms with Gasteiger partial charge in [-0.05, 0) is 68.9 Å². The molecule has 8 nitrogen and oxygen atoms in total. The molecule has 0 unspecified atom stereocenters. The highest BCUT2D eigenvalue weighted by Gasteiger charge is 2.25. The van der Waals surface area contributed by atoms with Crippen LogP contribution in [-0.4, -0.2) is 45.6 Å². The second kappa shape index (κ2) is 10.5. The van der Waals surface area contributed by atoms with Crippen LogP contribution in [0.3, 0.4) is 0 Å². The molecule has 3 aliphatic carbocycles. The summed E-state index contributed by atoms with van der Waals surface area (Å²) in [5.41, 5.74) is 6.26. The average Bonchev–Trinajstić information content (AvgIpc) is 3.21. The van der Waals surface area contributed by atoms with Crippen LogP contribution in [0.15, 0.2) is 0 Å². The van der Waals surface area contributed by atoms with Gasteiger partial charge in [-0.25, -0.2) is 9.59 Å². The maximum atomic E-state index is 12.5. The van der Waals surface area contributed by atoms with Gasteiger partial charge >= 0.3 is 11.9 Å². The number of carbonyl (C=O) groups excluding carboxylic acids is 1. The van der Waals surface area contributed by atoms with E-state index in [0.29, 0.717) is 12.6 Å². The highest BCUT2D eigenvalue weighted by molar-refractivity contribution is 6.27. The number of anilines is 1. The number of nitrogens with zero attached hydrogens (tertiary/aromatic N) is 1. The molecule has 30 heavy (non-hydrogen) atoms. The molecule has 0 aromatic carbocycles. The molecule has 1 heterocycles. The number of nitrogens with one attached hydrogen (secondary N) is 2. The molecule has 1 aromatic rings. The molecule has 0 atom stereocenters. The topological polar surface area (TPSA) is 129 Å². The van der Waals surface area contributed by atoms with Crippen molar-refractivity contribution >= 4 is 23.5 Å². The van der Waals surface area contributed by atoms with Crippen molar-refractivity contribution in [1.82, 2.24) is 10.3 Å². The van der Waals surface area contributed by atoms with Gasteiger partial charge in [0.15, 0.2) is 0 Å². The SMILES string of the molecule is O=C(CNC1CCCCC1)Nc1c2c(nc3c1CCC3)CCCC2.O=C(O)C(=O)O. The standard InChI is InChI=1S/C20H29N3O.C2H2O4/c24-19(13-21-14-7-2-1-3-8-14)23-20-15-9-4-5-11-17(15)22-18-12-6-10-16(18)20;3-1(4)2(5)6/h14,21H,1-13H2,(H,22,23,24);(H,3,4)(H,5,6). The van der Waals surface area contributed by atoms with Gasteiger partial charge in [0.25, 0.3) is 0 Å². The fraction of sp³-hybridized carbons (Fsp3) is 0.636. The third kappa shape index (κ3) is 5.78. The first-order valence-electron chi connectivity index (χ1n) is 11.0. The second-order valence-corrected chi connectivity index (χ2v) is 8.27. The van der Waals surface area contributed by atoms with Crippen molar-refractivity contribution in [3.05, 3.63) is 22.5 Å². The highest BCUT2D eigenvalue weighted by Crippen LogP contribution is 2.35. The van der Waals surface area contributed by atoms with Crippen molar-refractivity contribution in [2.75, 3.05) is 11.9 Å². The predicted molar refractivity (Wildman–Crippen MR) is 112 cm³/mol. The first-order valence-corrected chi connectivity index (χ1v) is 11.0. The molecule has 1 amide bonds. The zero-order valence-corrected chi connectivity index (χ0v) is 17.3. The third-order valence-electron chi connectivity index (χ3n) is 6.10. The molecule has 1 fully saturated rings. The number of hydrogen-bond acceptors (Lipinski definition) is 5. The van der Waals surface area contributed by atoms with Crippen LogP contribution >= 0.6 is 0 Å². The molecule has 1 aromatic heterocycles. The van der Waals surface area contributed by atoms with E-state index in [1.807, 2.05) is 0 Å². The molecule has 4 rings (SSSR count). The summed E-state index contributed by atoms with van der Waals surface area (Å²) in [6.07, 6.45) is 14.3. The van der Waals surface area contributed by atoms with Crippen LogP contribution in [0.25, 0.3) is 0 Å². The number of fused-ring (bicyclic) bond motifs is 2. The van der Waals surface area contributed by atoms with Gasteiger partial charge in [0, 0.05) is 17.4 Å². The van der Waals surface area contributed by atoms with Gasteiger partial charge in [-0.3, -0.25) is 9.78 Å². The summed E-state index contributed by atoms with van der Waals surface area (Å²) in [5, 5.41) is 21.5. The summed E-state index contributed by atoms with van der Waals surface area (Å²) in [7, 11) is 0. The van der Waals surface area contributed by atoms with Crippen molar-refractivity contribution in [3.63, 3.8) is 0 Å². The largest absolute Gasteiger partial charge is 0.473 e. The number of carboxylic acids is 2. The lowest BCUT2D eigenvalue weighted by Crippen LogP contribution is -2.37. The van der Waals surface area contributed by atoms with Crippen LogP contribution in [0.2, 0.25) is 0 Å². The van der Waals surface area contributed by atoms with Gasteiger partial charge in [0.1, 0.15) is 0 Å². The number of rotatable bonds is 4. The van der Waals surface area contributed by atoms with Crippen LogP contribution < -0.4 is 10.6 Å². The smallest absolute Gasteiger partial charge is 0.414 e. The average molecular weight is 418 g/mol. The number of aliphatic carboxylic acids is 2. The van der Waals surface area contributed by atoms with Crippen molar-refractivity contribution in [2.45, 2.75) is 83.1 Å². The summed E-state index contributed by atoms with van der Waals surface area (Å²) in [6.45, 7) is 0.441. The van der Waals surface area contributed by atoms with E-state index in [9.17, 15) is 4.79 Å². The maximum Gasteiger partial charge on any atom is 0.414 e. The van der Waals surface area contributed by atoms with Crippen LogP contribution in [0, 0.1) is 0 Å². The molecule has 0 spiro atoms. The van der Waals surface area contributed by atoms with Crippen LogP contribution in [-0.2, 0) is 40.1 Å². The first kappa shape index (κ1) is 22.2. The Labute approximate surface area is 176 Å². The van der Waals surface area contributed by atoms with Crippen LogP contribution in [0.4, 0.5) is 5.69 Å². The summed E-state index contributed by atoms with van der Waals surface area (Å²) >= 11 is 0. The minimum absolute atomic E-state index is 0.119. The number of pyridine rings is 1. The van der Waals surface area contributed by atoms with Gasteiger partial charge in [-0.2, -0.15) is 0 Å². The van der Waals surface area contributed by atoms with E-state index in [4.69, 9.17) is 24.8 Å². The molecular weight excluding hydrogens is 386 g/mol. The Morgan fingerprint density at radius 1 is 0.800 bits per heavy atom. The van der Waals surface area contributed by atoms with Crippen molar-refractivity contribution in [1.29, 1.82) is 0 Å². The number of aryl methyl sites for hydroxylation is 2. The summed E-state index contributed by atoms with van der Waals surface area (Å²) in [5.74, 6) is -3.53. The summed E-state index contributed by atoms with van der Waals surface area (Å²) in [6, 6.07) is 0.529. The number of aromatic nitrogens is 1. The lowest BCUT2D eigenvalue weighted by molar-refractivity contribution is -0.159. The van der Waals surface area contributed by atoms with E-state index in [2.05, 4.69) is 10.6 Å². The molecule has 4 N–H and O–H groups in total. The Balaban J connectivity index is 0.000000377. The molecule has 8 heteroatoms. The van der Waals surface area contributed by atoms with Gasteiger partial charge in [-0.1, -0.05) is 19.3 Å². The van der Waals surface area contributed by atoms with Crippen molar-refractivity contribution in [3.8, 4) is 0 Å². The fourth-order valence-electron chi connectivity index (χ4n) is 4.63. The Morgan fingerprint density at radius 3 is 2.00 bits per heavy atom. The van der Waals surface area contributed by atoms with Gasteiger partial charge in [-0.15, -0.1) is 0 Å². The summed E-state index contributed by atoms with van der Waals surface area (Å²) < 4.78 is 0. The number of carbonyl (C=O) groups is 3. The Hall–Kier alpha value is -2.48. The first-order chi connectivity index (χ1) is 14.5. The van der Waals surface area contributed by atoms with Gasteiger partial charge in [0.2, 0.25) is 5.91 Å². The van der Waals surface area contributed by atoms with Gasteiger partial charge < -0.3 is 20.8 Å². The van der Waals surface area contributed by atoms with E-state index in [-0.39, 0.29) is 5.91 Å². The summed E-state index contributed by atoms with van der Waals surface area (Å²) in [4.78, 5) is 35.7. The van der Waals surface area contributed by atoms with E-state index >= 15 is 0 Å². The zero-order valence-electron chi connectivity index (χ0n) is 17.3. The molecule has 1 saturated carbocycles. The van der Waals surface area contributed by atoms with E-state index < -0.39 is 11.9 Å². The minimum Gasteiger partial charge on any atom is -0.473 e. The quantitative estimate of drug-likeness (QED) is 0.554. The Bertz CT molecular complexity index is 790. The van der Waals surface area contributed by atoms with Crippen molar-refractivity contribution < 1.29 is 24.6 Å². The third-order valence-corrected chi connectivity index (χ3v) is 6.10. The van der Waals surface area contributed by atoms with Gasteiger partial charge in [0.05, 0.1) is 12.2 Å².